The second kappa shape index (κ2) is 5.35. The highest BCUT2D eigenvalue weighted by atomic mass is 127. The average molecular weight is 436 g/mol. The summed E-state index contributed by atoms with van der Waals surface area (Å²) in [5.41, 5.74) is 2.44. The Morgan fingerprint density at radius 1 is 0.938 bits per heavy atom. The molecule has 0 radical (unpaired) electrons. The Morgan fingerprint density at radius 3 is 2.25 bits per heavy atom. The van der Waals surface area contributed by atoms with E-state index in [0.717, 1.165) is 9.32 Å². The zero-order valence-electron chi connectivity index (χ0n) is 8.71. The highest BCUT2D eigenvalue weighted by Gasteiger charge is 2.08. The molecule has 0 fully saturated rings. The van der Waals surface area contributed by atoms with E-state index in [1.807, 2.05) is 6.07 Å². The predicted molar refractivity (Wildman–Crippen MR) is 83.9 cm³/mol. The van der Waals surface area contributed by atoms with Crippen molar-refractivity contribution < 1.29 is 4.74 Å². The van der Waals surface area contributed by atoms with Crippen LogP contribution in [0.25, 0.3) is 11.1 Å². The summed E-state index contributed by atoms with van der Waals surface area (Å²) in [7, 11) is 1.71. The fourth-order valence-corrected chi connectivity index (χ4v) is 3.59. The van der Waals surface area contributed by atoms with Crippen molar-refractivity contribution in [3.63, 3.8) is 0 Å². The molecule has 0 aliphatic heterocycles. The van der Waals surface area contributed by atoms with Crippen LogP contribution in [0.2, 0.25) is 0 Å². The summed E-state index contributed by atoms with van der Waals surface area (Å²) in [6, 6.07) is 14.6. The maximum Gasteiger partial charge on any atom is 0.132 e. The Hall–Kier alpha value is -0.300. The quantitative estimate of drug-likeness (QED) is 0.628. The van der Waals surface area contributed by atoms with Crippen molar-refractivity contribution in [2.75, 3.05) is 7.11 Å². The molecule has 2 aromatic carbocycles. The first-order valence-electron chi connectivity index (χ1n) is 4.81. The molecule has 0 N–H and O–H groups in total. The smallest absolute Gasteiger partial charge is 0.132 e. The zero-order chi connectivity index (χ0) is 11.5. The standard InChI is InChI=1S/C13H10I2O/c1-16-13-7-10(11(14)8-12(13)15)9-5-3-2-4-6-9/h2-8H,1H3. The molecule has 2 rings (SSSR count). The number of benzene rings is 2. The van der Waals surface area contributed by atoms with Crippen molar-refractivity contribution in [2.45, 2.75) is 0 Å². The number of hydrogen-bond donors (Lipinski definition) is 0. The molecule has 0 amide bonds. The molecule has 3 heteroatoms. The maximum atomic E-state index is 5.35. The number of rotatable bonds is 2. The van der Waals surface area contributed by atoms with Gasteiger partial charge in [-0.05, 0) is 68.4 Å². The van der Waals surface area contributed by atoms with Gasteiger partial charge in [0.25, 0.3) is 0 Å². The van der Waals surface area contributed by atoms with E-state index in [4.69, 9.17) is 4.74 Å². The maximum absolute atomic E-state index is 5.35. The highest BCUT2D eigenvalue weighted by Crippen LogP contribution is 2.32. The Balaban J connectivity index is 2.57. The SMILES string of the molecule is COc1cc(-c2ccccc2)c(I)cc1I. The summed E-state index contributed by atoms with van der Waals surface area (Å²) < 4.78 is 7.74. The van der Waals surface area contributed by atoms with Crippen LogP contribution in [0.5, 0.6) is 5.75 Å². The third-order valence-corrected chi connectivity index (χ3v) is 4.06. The second-order valence-corrected chi connectivity index (χ2v) is 5.66. The van der Waals surface area contributed by atoms with Gasteiger partial charge in [-0.15, -0.1) is 0 Å². The van der Waals surface area contributed by atoms with E-state index in [1.54, 1.807) is 7.11 Å². The predicted octanol–water partition coefficient (Wildman–Crippen LogP) is 4.57. The molecule has 0 aliphatic carbocycles. The van der Waals surface area contributed by atoms with Crippen molar-refractivity contribution in [1.29, 1.82) is 0 Å². The largest absolute Gasteiger partial charge is 0.496 e. The molecule has 0 aromatic heterocycles. The van der Waals surface area contributed by atoms with E-state index in [2.05, 4.69) is 81.6 Å². The normalized spacial score (nSPS) is 10.2. The Bertz CT molecular complexity index is 495. The topological polar surface area (TPSA) is 9.23 Å². The van der Waals surface area contributed by atoms with Gasteiger partial charge in [0.05, 0.1) is 10.7 Å². The van der Waals surface area contributed by atoms with Crippen LogP contribution in [0.3, 0.4) is 0 Å². The van der Waals surface area contributed by atoms with Gasteiger partial charge in [0.2, 0.25) is 0 Å². The van der Waals surface area contributed by atoms with Crippen LogP contribution in [0.1, 0.15) is 0 Å². The lowest BCUT2D eigenvalue weighted by atomic mass is 10.1. The Kier molecular flexibility index (Phi) is 4.07. The van der Waals surface area contributed by atoms with Gasteiger partial charge >= 0.3 is 0 Å². The van der Waals surface area contributed by atoms with Crippen molar-refractivity contribution in [3.8, 4) is 16.9 Å². The summed E-state index contributed by atoms with van der Waals surface area (Å²) in [4.78, 5) is 0. The fourth-order valence-electron chi connectivity index (χ4n) is 1.52. The third-order valence-electron chi connectivity index (χ3n) is 2.33. The fraction of sp³-hybridized carbons (Fsp3) is 0.0769. The molecular weight excluding hydrogens is 426 g/mol. The first kappa shape index (κ1) is 12.2. The number of ether oxygens (including phenoxy) is 1. The molecule has 16 heavy (non-hydrogen) atoms. The van der Waals surface area contributed by atoms with Crippen molar-refractivity contribution in [2.24, 2.45) is 0 Å². The summed E-state index contributed by atoms with van der Waals surface area (Å²) >= 11 is 4.65. The van der Waals surface area contributed by atoms with E-state index in [1.165, 1.54) is 14.7 Å². The minimum Gasteiger partial charge on any atom is -0.496 e. The van der Waals surface area contributed by atoms with Crippen LogP contribution in [0, 0.1) is 7.14 Å². The minimum atomic E-state index is 0.930. The van der Waals surface area contributed by atoms with Crippen LogP contribution in [-0.2, 0) is 0 Å². The molecule has 0 spiro atoms. The van der Waals surface area contributed by atoms with Gasteiger partial charge in [0.1, 0.15) is 5.75 Å². The lowest BCUT2D eigenvalue weighted by molar-refractivity contribution is 0.412. The molecule has 0 heterocycles. The van der Waals surface area contributed by atoms with Crippen LogP contribution in [0.4, 0.5) is 0 Å². The van der Waals surface area contributed by atoms with Crippen molar-refractivity contribution in [3.05, 3.63) is 49.6 Å². The number of hydrogen-bond acceptors (Lipinski definition) is 1. The zero-order valence-corrected chi connectivity index (χ0v) is 13.0. The second-order valence-electron chi connectivity index (χ2n) is 3.33. The highest BCUT2D eigenvalue weighted by molar-refractivity contribution is 14.1. The number of methoxy groups -OCH3 is 1. The summed E-state index contributed by atoms with van der Waals surface area (Å²) in [6.45, 7) is 0. The van der Waals surface area contributed by atoms with Gasteiger partial charge in [0.15, 0.2) is 0 Å². The van der Waals surface area contributed by atoms with E-state index in [-0.39, 0.29) is 0 Å². The van der Waals surface area contributed by atoms with Crippen molar-refractivity contribution >= 4 is 45.2 Å². The molecule has 0 atom stereocenters. The van der Waals surface area contributed by atoms with E-state index in [0.29, 0.717) is 0 Å². The number of halogens is 2. The van der Waals surface area contributed by atoms with E-state index < -0.39 is 0 Å². The molecule has 0 saturated carbocycles. The molecule has 0 bridgehead atoms. The molecule has 0 aliphatic rings. The lowest BCUT2D eigenvalue weighted by Crippen LogP contribution is -1.91. The van der Waals surface area contributed by atoms with Crippen LogP contribution >= 0.6 is 45.2 Å². The molecule has 1 nitrogen and oxygen atoms in total. The average Bonchev–Trinajstić information content (AvgIpc) is 2.30. The molecule has 0 unspecified atom stereocenters. The third kappa shape index (κ3) is 2.51. The summed E-state index contributed by atoms with van der Waals surface area (Å²) in [5.74, 6) is 0.930. The molecule has 0 saturated heterocycles. The van der Waals surface area contributed by atoms with Gasteiger partial charge in [-0.25, -0.2) is 0 Å². The summed E-state index contributed by atoms with van der Waals surface area (Å²) in [6.07, 6.45) is 0. The van der Waals surface area contributed by atoms with Crippen LogP contribution in [-0.4, -0.2) is 7.11 Å². The van der Waals surface area contributed by atoms with Gasteiger partial charge in [0, 0.05) is 3.57 Å². The first-order valence-corrected chi connectivity index (χ1v) is 6.96. The van der Waals surface area contributed by atoms with E-state index >= 15 is 0 Å². The minimum absolute atomic E-state index is 0.930. The molecular formula is C13H10I2O. The van der Waals surface area contributed by atoms with E-state index in [9.17, 15) is 0 Å². The van der Waals surface area contributed by atoms with Gasteiger partial charge in [-0.2, -0.15) is 0 Å². The summed E-state index contributed by atoms with van der Waals surface area (Å²) in [5, 5.41) is 0. The van der Waals surface area contributed by atoms with Gasteiger partial charge in [-0.3, -0.25) is 0 Å². The Morgan fingerprint density at radius 2 is 1.62 bits per heavy atom. The van der Waals surface area contributed by atoms with Crippen LogP contribution < -0.4 is 4.74 Å². The monoisotopic (exact) mass is 436 g/mol. The molecule has 2 aromatic rings. The Labute approximate surface area is 122 Å². The van der Waals surface area contributed by atoms with Crippen molar-refractivity contribution in [1.82, 2.24) is 0 Å². The van der Waals surface area contributed by atoms with Gasteiger partial charge in [-0.1, -0.05) is 30.3 Å². The first-order chi connectivity index (χ1) is 7.72. The van der Waals surface area contributed by atoms with Gasteiger partial charge < -0.3 is 4.74 Å². The molecule has 82 valence electrons. The van der Waals surface area contributed by atoms with Crippen LogP contribution in [0.15, 0.2) is 42.5 Å². The lowest BCUT2D eigenvalue weighted by Gasteiger charge is -2.09.